The van der Waals surface area contributed by atoms with E-state index in [4.69, 9.17) is 0 Å². The molecule has 0 bridgehead atoms. The molecule has 0 atom stereocenters. The molecule has 1 N–H and O–H groups in total. The van der Waals surface area contributed by atoms with Gasteiger partial charge in [0.25, 0.3) is 0 Å². The Labute approximate surface area is 129 Å². The van der Waals surface area contributed by atoms with Crippen molar-refractivity contribution >= 4 is 15.7 Å². The Morgan fingerprint density at radius 1 is 1.10 bits per heavy atom. The molecule has 1 aromatic carbocycles. The number of anilines is 1. The van der Waals surface area contributed by atoms with E-state index in [0.29, 0.717) is 30.4 Å². The number of hydrogen-bond acceptors (Lipinski definition) is 4. The predicted octanol–water partition coefficient (Wildman–Crippen LogP) is 1.94. The molecule has 0 saturated heterocycles. The van der Waals surface area contributed by atoms with Crippen molar-refractivity contribution in [1.29, 1.82) is 0 Å². The fourth-order valence-electron chi connectivity index (χ4n) is 1.97. The van der Waals surface area contributed by atoms with Crippen molar-refractivity contribution in [3.05, 3.63) is 24.3 Å². The smallest absolute Gasteiger partial charge is 0.243 e. The lowest BCUT2D eigenvalue weighted by Gasteiger charge is -2.25. The number of rotatable bonds is 8. The lowest BCUT2D eigenvalue weighted by molar-refractivity contribution is 0.312. The fraction of sp³-hybridized carbons (Fsp3) is 0.600. The van der Waals surface area contributed by atoms with Crippen molar-refractivity contribution in [3.8, 4) is 0 Å². The van der Waals surface area contributed by atoms with Crippen molar-refractivity contribution in [2.75, 3.05) is 46.1 Å². The monoisotopic (exact) mass is 313 g/mol. The third-order valence-electron chi connectivity index (χ3n) is 3.15. The standard InChI is InChI=1S/C15H27N3O2S/c1-13(2)12-18(11-10-17(4)5)21(19,20)15-8-6-14(16-3)7-9-15/h6-9,13,16H,10-12H2,1-5H3. The average Bonchev–Trinajstić information content (AvgIpc) is 2.42. The Morgan fingerprint density at radius 3 is 2.10 bits per heavy atom. The summed E-state index contributed by atoms with van der Waals surface area (Å²) in [6.45, 7) is 5.80. The zero-order chi connectivity index (χ0) is 16.0. The predicted molar refractivity (Wildman–Crippen MR) is 88.1 cm³/mol. The summed E-state index contributed by atoms with van der Waals surface area (Å²) in [5.41, 5.74) is 0.901. The molecule has 0 amide bonds. The van der Waals surface area contributed by atoms with Crippen molar-refractivity contribution in [1.82, 2.24) is 9.21 Å². The Balaban J connectivity index is 3.00. The quantitative estimate of drug-likeness (QED) is 0.797. The van der Waals surface area contributed by atoms with Crippen LogP contribution in [0, 0.1) is 5.92 Å². The van der Waals surface area contributed by atoms with Gasteiger partial charge in [0.1, 0.15) is 0 Å². The van der Waals surface area contributed by atoms with Crippen LogP contribution in [0.5, 0.6) is 0 Å². The molecule has 0 heterocycles. The molecule has 1 aromatic rings. The molecule has 0 aliphatic heterocycles. The molecular formula is C15H27N3O2S. The summed E-state index contributed by atoms with van der Waals surface area (Å²) in [6.07, 6.45) is 0. The van der Waals surface area contributed by atoms with Crippen LogP contribution in [-0.4, -0.2) is 58.4 Å². The van der Waals surface area contributed by atoms with Gasteiger partial charge < -0.3 is 10.2 Å². The van der Waals surface area contributed by atoms with Crippen LogP contribution in [0.2, 0.25) is 0 Å². The van der Waals surface area contributed by atoms with Crippen LogP contribution in [0.3, 0.4) is 0 Å². The Hall–Kier alpha value is -1.11. The fourth-order valence-corrected chi connectivity index (χ4v) is 3.57. The largest absolute Gasteiger partial charge is 0.388 e. The number of likely N-dealkylation sites (N-methyl/N-ethyl adjacent to an activating group) is 1. The molecule has 6 heteroatoms. The van der Waals surface area contributed by atoms with Gasteiger partial charge in [0, 0.05) is 32.4 Å². The molecule has 0 radical (unpaired) electrons. The second-order valence-electron chi connectivity index (χ2n) is 5.83. The molecule has 0 unspecified atom stereocenters. The van der Waals surface area contributed by atoms with E-state index >= 15 is 0 Å². The molecule has 21 heavy (non-hydrogen) atoms. The minimum absolute atomic E-state index is 0.290. The highest BCUT2D eigenvalue weighted by Gasteiger charge is 2.24. The van der Waals surface area contributed by atoms with Crippen molar-refractivity contribution in [3.63, 3.8) is 0 Å². The molecule has 0 saturated carbocycles. The first kappa shape index (κ1) is 17.9. The van der Waals surface area contributed by atoms with Gasteiger partial charge in [0.05, 0.1) is 4.90 Å². The molecule has 0 aromatic heterocycles. The van der Waals surface area contributed by atoms with Gasteiger partial charge in [-0.1, -0.05) is 13.8 Å². The number of nitrogens with one attached hydrogen (secondary N) is 1. The van der Waals surface area contributed by atoms with Gasteiger partial charge in [-0.3, -0.25) is 0 Å². The van der Waals surface area contributed by atoms with Crippen molar-refractivity contribution < 1.29 is 8.42 Å². The van der Waals surface area contributed by atoms with E-state index in [1.54, 1.807) is 28.6 Å². The third-order valence-corrected chi connectivity index (χ3v) is 5.03. The molecule has 5 nitrogen and oxygen atoms in total. The molecule has 1 rings (SSSR count). The Bertz CT molecular complexity index is 524. The van der Waals surface area contributed by atoms with E-state index in [0.717, 1.165) is 5.69 Å². The van der Waals surface area contributed by atoms with Gasteiger partial charge >= 0.3 is 0 Å². The summed E-state index contributed by atoms with van der Waals surface area (Å²) in [5.74, 6) is 0.290. The number of sulfonamides is 1. The van der Waals surface area contributed by atoms with Gasteiger partial charge in [-0.2, -0.15) is 4.31 Å². The summed E-state index contributed by atoms with van der Waals surface area (Å²) in [5, 5.41) is 2.99. The second-order valence-corrected chi connectivity index (χ2v) is 7.77. The zero-order valence-electron chi connectivity index (χ0n) is 13.6. The maximum Gasteiger partial charge on any atom is 0.243 e. The van der Waals surface area contributed by atoms with Gasteiger partial charge in [-0.15, -0.1) is 0 Å². The number of benzene rings is 1. The summed E-state index contributed by atoms with van der Waals surface area (Å²) in [4.78, 5) is 2.34. The molecular weight excluding hydrogens is 286 g/mol. The molecule has 120 valence electrons. The first-order valence-electron chi connectivity index (χ1n) is 7.20. The highest BCUT2D eigenvalue weighted by molar-refractivity contribution is 7.89. The minimum atomic E-state index is -3.44. The Kier molecular flexibility index (Phi) is 6.64. The maximum atomic E-state index is 12.8. The summed E-state index contributed by atoms with van der Waals surface area (Å²) >= 11 is 0. The summed E-state index contributed by atoms with van der Waals surface area (Å²) < 4.78 is 27.1. The van der Waals surface area contributed by atoms with E-state index < -0.39 is 10.0 Å². The van der Waals surface area contributed by atoms with Crippen LogP contribution in [0.15, 0.2) is 29.2 Å². The zero-order valence-corrected chi connectivity index (χ0v) is 14.4. The van der Waals surface area contributed by atoms with Crippen molar-refractivity contribution in [2.45, 2.75) is 18.7 Å². The van der Waals surface area contributed by atoms with Crippen LogP contribution in [0.25, 0.3) is 0 Å². The van der Waals surface area contributed by atoms with Gasteiger partial charge in [-0.05, 0) is 44.3 Å². The molecule has 0 spiro atoms. The summed E-state index contributed by atoms with van der Waals surface area (Å²) in [6, 6.07) is 6.88. The minimum Gasteiger partial charge on any atom is -0.388 e. The van der Waals surface area contributed by atoms with Crippen LogP contribution in [-0.2, 0) is 10.0 Å². The van der Waals surface area contributed by atoms with Gasteiger partial charge in [0.15, 0.2) is 0 Å². The SMILES string of the molecule is CNc1ccc(S(=O)(=O)N(CCN(C)C)CC(C)C)cc1. The average molecular weight is 313 g/mol. The maximum absolute atomic E-state index is 12.8. The highest BCUT2D eigenvalue weighted by Crippen LogP contribution is 2.19. The van der Waals surface area contributed by atoms with E-state index in [1.807, 2.05) is 39.9 Å². The Morgan fingerprint density at radius 2 is 1.67 bits per heavy atom. The lowest BCUT2D eigenvalue weighted by Crippen LogP contribution is -2.38. The first-order chi connectivity index (χ1) is 9.77. The third kappa shape index (κ3) is 5.30. The normalized spacial score (nSPS) is 12.4. The number of hydrogen-bond donors (Lipinski definition) is 1. The van der Waals surface area contributed by atoms with Crippen LogP contribution >= 0.6 is 0 Å². The second kappa shape index (κ2) is 7.77. The topological polar surface area (TPSA) is 52.7 Å². The number of nitrogens with zero attached hydrogens (tertiary/aromatic N) is 2. The van der Waals surface area contributed by atoms with E-state index in [9.17, 15) is 8.42 Å². The highest BCUT2D eigenvalue weighted by atomic mass is 32.2. The lowest BCUT2D eigenvalue weighted by atomic mass is 10.2. The van der Waals surface area contributed by atoms with Crippen LogP contribution in [0.4, 0.5) is 5.69 Å². The van der Waals surface area contributed by atoms with Crippen molar-refractivity contribution in [2.24, 2.45) is 5.92 Å². The van der Waals surface area contributed by atoms with Crippen LogP contribution in [0.1, 0.15) is 13.8 Å². The van der Waals surface area contributed by atoms with E-state index in [2.05, 4.69) is 5.32 Å². The first-order valence-corrected chi connectivity index (χ1v) is 8.64. The van der Waals surface area contributed by atoms with Crippen LogP contribution < -0.4 is 5.32 Å². The van der Waals surface area contributed by atoms with E-state index in [-0.39, 0.29) is 0 Å². The van der Waals surface area contributed by atoms with Gasteiger partial charge in [-0.25, -0.2) is 8.42 Å². The molecule has 0 fully saturated rings. The molecule has 0 aliphatic rings. The summed E-state index contributed by atoms with van der Waals surface area (Å²) in [7, 11) is 2.27. The molecule has 0 aliphatic carbocycles. The van der Waals surface area contributed by atoms with Gasteiger partial charge in [0.2, 0.25) is 10.0 Å². The van der Waals surface area contributed by atoms with E-state index in [1.165, 1.54) is 0 Å².